The number of fused-ring (bicyclic) bond motifs is 2. The minimum atomic E-state index is -0.100. The molecule has 37 heavy (non-hydrogen) atoms. The fraction of sp³-hybridized carbons (Fsp3) is 0.897. The van der Waals surface area contributed by atoms with E-state index in [0.29, 0.717) is 35.5 Å². The smallest absolute Gasteiger partial charge is 0.308 e. The molecule has 6 N–H and O–H groups in total. The molecule has 1 amide bonds. The van der Waals surface area contributed by atoms with Gasteiger partial charge in [0.1, 0.15) is 0 Å². The molecule has 0 radical (unpaired) electrons. The van der Waals surface area contributed by atoms with E-state index in [4.69, 9.17) is 21.6 Å². The molecular formula is C29H49N5O3. The number of rotatable bonds is 6. The van der Waals surface area contributed by atoms with E-state index in [1.54, 1.807) is 0 Å². The van der Waals surface area contributed by atoms with Gasteiger partial charge >= 0.3 is 5.97 Å². The molecule has 0 aromatic carbocycles. The van der Waals surface area contributed by atoms with Crippen molar-refractivity contribution in [2.24, 2.45) is 47.0 Å². The number of amides is 1. The first-order valence-electron chi connectivity index (χ1n) is 15.1. The Bertz CT molecular complexity index is 843. The lowest BCUT2D eigenvalue weighted by molar-refractivity contribution is -0.152. The molecule has 4 aliphatic carbocycles. The average molecular weight is 516 g/mol. The largest absolute Gasteiger partial charge is 0.469 e. The number of carbonyl (C=O) groups excluding carboxylic acids is 2. The Labute approximate surface area is 222 Å². The van der Waals surface area contributed by atoms with Crippen LogP contribution in [0.25, 0.3) is 0 Å². The zero-order valence-corrected chi connectivity index (χ0v) is 22.7. The lowest BCUT2D eigenvalue weighted by Gasteiger charge is -2.47. The number of nitrogens with one attached hydrogen (secondary N) is 2. The standard InChI is InChI=1S/C29H49N5O3/c1-37-29(36)24-13-8-19(22-4-2-3-5-23(22)24)16-34-25-15-18(27(31)32)7-6-17(25)14-26(34)28(35)33-21-11-9-20(30)10-12-21/h17-26H,2-16,30H2,1H3,(H3,31,32)(H,33,35). The van der Waals surface area contributed by atoms with Gasteiger partial charge in [0, 0.05) is 30.6 Å². The Hall–Kier alpha value is -1.67. The topological polar surface area (TPSA) is 135 Å². The predicted molar refractivity (Wildman–Crippen MR) is 144 cm³/mol. The van der Waals surface area contributed by atoms with Crippen molar-refractivity contribution in [2.45, 2.75) is 114 Å². The molecule has 0 aromatic heterocycles. The van der Waals surface area contributed by atoms with Crippen molar-refractivity contribution in [3.05, 3.63) is 0 Å². The maximum Gasteiger partial charge on any atom is 0.308 e. The fourth-order valence-corrected chi connectivity index (χ4v) is 8.94. The Morgan fingerprint density at radius 3 is 2.38 bits per heavy atom. The summed E-state index contributed by atoms with van der Waals surface area (Å²) in [5.74, 6) is 2.57. The van der Waals surface area contributed by atoms with Gasteiger partial charge in [-0.05, 0) is 101 Å². The summed E-state index contributed by atoms with van der Waals surface area (Å²) in [5, 5.41) is 11.5. The van der Waals surface area contributed by atoms with Crippen LogP contribution in [0.2, 0.25) is 0 Å². The van der Waals surface area contributed by atoms with Gasteiger partial charge in [-0.2, -0.15) is 0 Å². The normalized spacial score (nSPS) is 42.3. The van der Waals surface area contributed by atoms with Crippen molar-refractivity contribution in [3.63, 3.8) is 0 Å². The highest BCUT2D eigenvalue weighted by Crippen LogP contribution is 2.49. The van der Waals surface area contributed by atoms with Crippen LogP contribution in [-0.2, 0) is 14.3 Å². The number of nitrogens with zero attached hydrogens (tertiary/aromatic N) is 1. The number of hydrogen-bond acceptors (Lipinski definition) is 6. The van der Waals surface area contributed by atoms with Crippen molar-refractivity contribution in [2.75, 3.05) is 13.7 Å². The Morgan fingerprint density at radius 1 is 0.946 bits per heavy atom. The van der Waals surface area contributed by atoms with Crippen molar-refractivity contribution in [1.82, 2.24) is 10.2 Å². The van der Waals surface area contributed by atoms with E-state index in [9.17, 15) is 9.59 Å². The Balaban J connectivity index is 1.33. The number of carbonyl (C=O) groups is 2. The first-order chi connectivity index (χ1) is 17.9. The molecule has 0 spiro atoms. The van der Waals surface area contributed by atoms with Crippen LogP contribution in [0, 0.1) is 40.9 Å². The number of likely N-dealkylation sites (tertiary alicyclic amines) is 1. The quantitative estimate of drug-likeness (QED) is 0.244. The minimum Gasteiger partial charge on any atom is -0.469 e. The van der Waals surface area contributed by atoms with Crippen LogP contribution >= 0.6 is 0 Å². The van der Waals surface area contributed by atoms with Crippen LogP contribution < -0.4 is 16.8 Å². The number of amidine groups is 1. The van der Waals surface area contributed by atoms with Gasteiger partial charge in [-0.25, -0.2) is 0 Å². The second kappa shape index (κ2) is 11.6. The van der Waals surface area contributed by atoms with E-state index in [0.717, 1.165) is 77.2 Å². The van der Waals surface area contributed by atoms with E-state index in [2.05, 4.69) is 10.2 Å². The summed E-state index contributed by atoms with van der Waals surface area (Å²) in [6.45, 7) is 0.925. The highest BCUT2D eigenvalue weighted by Gasteiger charge is 2.50. The highest BCUT2D eigenvalue weighted by molar-refractivity contribution is 5.83. The van der Waals surface area contributed by atoms with Gasteiger partial charge in [0.15, 0.2) is 0 Å². The molecule has 8 unspecified atom stereocenters. The zero-order chi connectivity index (χ0) is 26.1. The Morgan fingerprint density at radius 2 is 1.68 bits per heavy atom. The van der Waals surface area contributed by atoms with Crippen LogP contribution in [0.1, 0.15) is 89.9 Å². The summed E-state index contributed by atoms with van der Waals surface area (Å²) in [7, 11) is 1.52. The van der Waals surface area contributed by atoms with Crippen molar-refractivity contribution in [1.29, 1.82) is 5.41 Å². The fourth-order valence-electron chi connectivity index (χ4n) is 8.94. The van der Waals surface area contributed by atoms with Crippen LogP contribution in [0.3, 0.4) is 0 Å². The molecule has 1 saturated heterocycles. The summed E-state index contributed by atoms with van der Waals surface area (Å²) < 4.78 is 5.20. The van der Waals surface area contributed by atoms with Crippen LogP contribution in [0.4, 0.5) is 0 Å². The number of esters is 1. The molecule has 5 aliphatic rings. The van der Waals surface area contributed by atoms with E-state index in [1.807, 2.05) is 0 Å². The Kier molecular flexibility index (Phi) is 8.44. The molecule has 4 saturated carbocycles. The number of ether oxygens (including phenoxy) is 1. The van der Waals surface area contributed by atoms with Crippen LogP contribution in [0.15, 0.2) is 0 Å². The summed E-state index contributed by atoms with van der Waals surface area (Å²) in [6, 6.07) is 0.723. The third-order valence-electron chi connectivity index (χ3n) is 11.0. The molecule has 5 rings (SSSR count). The third kappa shape index (κ3) is 5.70. The molecular weight excluding hydrogens is 466 g/mol. The van der Waals surface area contributed by atoms with Gasteiger partial charge < -0.3 is 21.5 Å². The number of methoxy groups -OCH3 is 1. The van der Waals surface area contributed by atoms with E-state index in [1.165, 1.54) is 26.4 Å². The van der Waals surface area contributed by atoms with Gasteiger partial charge in [-0.3, -0.25) is 19.9 Å². The maximum atomic E-state index is 13.8. The third-order valence-corrected chi connectivity index (χ3v) is 11.0. The van der Waals surface area contributed by atoms with Crippen molar-refractivity contribution in [3.8, 4) is 0 Å². The summed E-state index contributed by atoms with van der Waals surface area (Å²) >= 11 is 0. The second-order valence-electron chi connectivity index (χ2n) is 12.9. The lowest BCUT2D eigenvalue weighted by atomic mass is 9.61. The molecule has 1 heterocycles. The molecule has 0 aromatic rings. The van der Waals surface area contributed by atoms with Crippen LogP contribution in [-0.4, -0.2) is 60.4 Å². The number of hydrogen-bond donors (Lipinski definition) is 4. The van der Waals surface area contributed by atoms with Gasteiger partial charge in [0.05, 0.1) is 24.9 Å². The van der Waals surface area contributed by atoms with Crippen LogP contribution in [0.5, 0.6) is 0 Å². The van der Waals surface area contributed by atoms with Gasteiger partial charge in [0.2, 0.25) is 5.91 Å². The average Bonchev–Trinajstić information content (AvgIpc) is 3.27. The van der Waals surface area contributed by atoms with E-state index < -0.39 is 0 Å². The molecule has 5 fully saturated rings. The highest BCUT2D eigenvalue weighted by atomic mass is 16.5. The zero-order valence-electron chi connectivity index (χ0n) is 22.7. The molecule has 8 atom stereocenters. The molecule has 208 valence electrons. The minimum absolute atomic E-state index is 0.0300. The van der Waals surface area contributed by atoms with Gasteiger partial charge in [-0.1, -0.05) is 12.8 Å². The van der Waals surface area contributed by atoms with E-state index >= 15 is 0 Å². The lowest BCUT2D eigenvalue weighted by Crippen LogP contribution is -2.53. The molecule has 1 aliphatic heterocycles. The van der Waals surface area contributed by atoms with Crippen molar-refractivity contribution >= 4 is 17.7 Å². The molecule has 0 bridgehead atoms. The maximum absolute atomic E-state index is 13.8. The first-order valence-corrected chi connectivity index (χ1v) is 15.1. The molecule has 8 heteroatoms. The summed E-state index contributed by atoms with van der Waals surface area (Å²) in [5.41, 5.74) is 12.1. The van der Waals surface area contributed by atoms with Gasteiger partial charge in [0.25, 0.3) is 0 Å². The SMILES string of the molecule is COC(=O)C1CCC(CN2C(C(=O)NC3CCC(N)CC3)CC3CCC(C(=N)N)CC32)C2CCCCC12. The summed E-state index contributed by atoms with van der Waals surface area (Å²) in [4.78, 5) is 28.9. The van der Waals surface area contributed by atoms with Gasteiger partial charge in [-0.15, -0.1) is 0 Å². The second-order valence-corrected chi connectivity index (χ2v) is 12.9. The predicted octanol–water partition coefficient (Wildman–Crippen LogP) is 3.17. The number of nitrogens with two attached hydrogens (primary N) is 2. The molecule has 8 nitrogen and oxygen atoms in total. The van der Waals surface area contributed by atoms with E-state index in [-0.39, 0.29) is 41.8 Å². The van der Waals surface area contributed by atoms with Crippen molar-refractivity contribution < 1.29 is 14.3 Å². The monoisotopic (exact) mass is 515 g/mol. The summed E-state index contributed by atoms with van der Waals surface area (Å²) in [6.07, 6.45) is 14.4. The first kappa shape index (κ1) is 26.9.